The largest absolute Gasteiger partial charge is 0.449 e. The summed E-state index contributed by atoms with van der Waals surface area (Å²) in [5, 5.41) is 2.54. The van der Waals surface area contributed by atoms with E-state index < -0.39 is 11.6 Å². The average molecular weight is 215 g/mol. The molecule has 0 saturated heterocycles. The number of hydrogen-bond acceptors (Lipinski definition) is 3. The number of rotatable bonds is 4. The molecule has 15 heavy (non-hydrogen) atoms. The number of ether oxygens (including phenoxy) is 1. The van der Waals surface area contributed by atoms with Gasteiger partial charge >= 0.3 is 6.09 Å². The molecule has 0 fully saturated rings. The van der Waals surface area contributed by atoms with E-state index in [1.54, 1.807) is 6.92 Å². The van der Waals surface area contributed by atoms with Crippen LogP contribution in [0, 0.1) is 5.41 Å². The minimum atomic E-state index is -0.824. The van der Waals surface area contributed by atoms with Gasteiger partial charge in [-0.2, -0.15) is 0 Å². The molecule has 0 bridgehead atoms. The molecule has 0 heterocycles. The Morgan fingerprint density at radius 2 is 1.87 bits per heavy atom. The van der Waals surface area contributed by atoms with Crippen molar-refractivity contribution in [2.45, 2.75) is 46.6 Å². The van der Waals surface area contributed by atoms with Crippen molar-refractivity contribution in [1.82, 2.24) is 5.32 Å². The lowest BCUT2D eigenvalue weighted by Gasteiger charge is -2.24. The Morgan fingerprint density at radius 1 is 1.33 bits per heavy atom. The van der Waals surface area contributed by atoms with Crippen molar-refractivity contribution in [3.8, 4) is 0 Å². The lowest BCUT2D eigenvalue weighted by atomic mass is 9.99. The molecule has 0 spiro atoms. The van der Waals surface area contributed by atoms with Crippen molar-refractivity contribution in [3.05, 3.63) is 0 Å². The minimum absolute atomic E-state index is 0.0683. The Labute approximate surface area is 91.4 Å². The molecule has 1 amide bonds. The number of aldehydes is 1. The van der Waals surface area contributed by atoms with Crippen molar-refractivity contribution in [2.75, 3.05) is 6.61 Å². The second kappa shape index (κ2) is 5.14. The Kier molecular flexibility index (Phi) is 4.78. The van der Waals surface area contributed by atoms with Gasteiger partial charge in [0, 0.05) is 0 Å². The highest BCUT2D eigenvalue weighted by molar-refractivity contribution is 5.75. The fourth-order valence-electron chi connectivity index (χ4n) is 0.752. The number of carbonyl (C=O) groups excluding carboxylic acids is 2. The van der Waals surface area contributed by atoms with Crippen LogP contribution in [-0.4, -0.2) is 24.5 Å². The van der Waals surface area contributed by atoms with Crippen LogP contribution in [0.2, 0.25) is 0 Å². The summed E-state index contributed by atoms with van der Waals surface area (Å²) in [5.41, 5.74) is -0.893. The van der Waals surface area contributed by atoms with E-state index in [4.69, 9.17) is 4.74 Å². The predicted molar refractivity (Wildman–Crippen MR) is 58.7 cm³/mol. The molecule has 0 aliphatic rings. The second-order valence-corrected chi connectivity index (χ2v) is 5.15. The van der Waals surface area contributed by atoms with E-state index in [1.165, 1.54) is 0 Å². The van der Waals surface area contributed by atoms with E-state index in [2.05, 4.69) is 5.32 Å². The van der Waals surface area contributed by atoms with Crippen LogP contribution in [-0.2, 0) is 9.53 Å². The molecule has 4 nitrogen and oxygen atoms in total. The molecule has 0 rings (SSSR count). The van der Waals surface area contributed by atoms with E-state index in [1.807, 2.05) is 27.7 Å². The Bertz CT molecular complexity index is 232. The summed E-state index contributed by atoms with van der Waals surface area (Å²) in [4.78, 5) is 22.1. The van der Waals surface area contributed by atoms with E-state index >= 15 is 0 Å². The lowest BCUT2D eigenvalue weighted by molar-refractivity contribution is -0.112. The highest BCUT2D eigenvalue weighted by Crippen LogP contribution is 2.13. The molecule has 0 aromatic carbocycles. The highest BCUT2D eigenvalue weighted by Gasteiger charge is 2.24. The zero-order valence-corrected chi connectivity index (χ0v) is 10.2. The van der Waals surface area contributed by atoms with Crippen molar-refractivity contribution in [1.29, 1.82) is 0 Å². The van der Waals surface area contributed by atoms with Gasteiger partial charge in [0.2, 0.25) is 0 Å². The Balaban J connectivity index is 4.09. The zero-order valence-electron chi connectivity index (χ0n) is 10.2. The van der Waals surface area contributed by atoms with Gasteiger partial charge in [0.15, 0.2) is 0 Å². The number of amides is 1. The molecule has 1 atom stereocenters. The van der Waals surface area contributed by atoms with Crippen molar-refractivity contribution < 1.29 is 14.3 Å². The van der Waals surface area contributed by atoms with Crippen molar-refractivity contribution in [2.24, 2.45) is 5.41 Å². The summed E-state index contributed by atoms with van der Waals surface area (Å²) in [6.07, 6.45) is 0.730. The third-order valence-electron chi connectivity index (χ3n) is 2.02. The Hall–Kier alpha value is -1.06. The van der Waals surface area contributed by atoms with Gasteiger partial charge in [-0.05, 0) is 18.8 Å². The van der Waals surface area contributed by atoms with Gasteiger partial charge in [-0.1, -0.05) is 27.7 Å². The third-order valence-corrected chi connectivity index (χ3v) is 2.02. The van der Waals surface area contributed by atoms with Crippen LogP contribution in [0.5, 0.6) is 0 Å². The van der Waals surface area contributed by atoms with Crippen LogP contribution < -0.4 is 5.32 Å². The van der Waals surface area contributed by atoms with E-state index in [0.29, 0.717) is 13.0 Å². The van der Waals surface area contributed by atoms with Crippen LogP contribution in [0.15, 0.2) is 0 Å². The SMILES string of the molecule is CCC(C)(C=O)NC(=O)OCC(C)(C)C. The maximum absolute atomic E-state index is 11.3. The van der Waals surface area contributed by atoms with Gasteiger partial charge < -0.3 is 14.8 Å². The first-order valence-corrected chi connectivity index (χ1v) is 5.14. The van der Waals surface area contributed by atoms with E-state index in [9.17, 15) is 9.59 Å². The fraction of sp³-hybridized carbons (Fsp3) is 0.818. The molecule has 88 valence electrons. The van der Waals surface area contributed by atoms with Crippen LogP contribution in [0.4, 0.5) is 4.79 Å². The molecule has 1 unspecified atom stereocenters. The van der Waals surface area contributed by atoms with Gasteiger partial charge in [0.05, 0.1) is 12.1 Å². The summed E-state index contributed by atoms with van der Waals surface area (Å²) in [5.74, 6) is 0. The topological polar surface area (TPSA) is 55.4 Å². The van der Waals surface area contributed by atoms with Gasteiger partial charge in [0.1, 0.15) is 6.29 Å². The first kappa shape index (κ1) is 13.9. The minimum Gasteiger partial charge on any atom is -0.449 e. The third kappa shape index (κ3) is 6.10. The standard InChI is InChI=1S/C11H21NO3/c1-6-11(5,7-13)12-9(14)15-8-10(2,3)4/h7H,6,8H2,1-5H3,(H,12,14). The molecule has 4 heteroatoms. The Morgan fingerprint density at radius 3 is 2.20 bits per heavy atom. The lowest BCUT2D eigenvalue weighted by Crippen LogP contribution is -2.47. The maximum atomic E-state index is 11.3. The molecule has 1 N–H and O–H groups in total. The molecular weight excluding hydrogens is 194 g/mol. The summed E-state index contributed by atoms with van der Waals surface area (Å²) in [7, 11) is 0. The van der Waals surface area contributed by atoms with Gasteiger partial charge in [0.25, 0.3) is 0 Å². The second-order valence-electron chi connectivity index (χ2n) is 5.15. The van der Waals surface area contributed by atoms with E-state index in [0.717, 1.165) is 6.29 Å². The van der Waals surface area contributed by atoms with Crippen molar-refractivity contribution in [3.63, 3.8) is 0 Å². The van der Waals surface area contributed by atoms with Gasteiger partial charge in [-0.25, -0.2) is 4.79 Å². The molecule has 0 aromatic heterocycles. The summed E-state index contributed by atoms with van der Waals surface area (Å²) in [6, 6.07) is 0. The van der Waals surface area contributed by atoms with E-state index in [-0.39, 0.29) is 5.41 Å². The monoisotopic (exact) mass is 215 g/mol. The number of carbonyl (C=O) groups is 2. The summed E-state index contributed by atoms with van der Waals surface area (Å²) in [6.45, 7) is 9.74. The maximum Gasteiger partial charge on any atom is 0.407 e. The summed E-state index contributed by atoms with van der Waals surface area (Å²) >= 11 is 0. The molecule has 0 aliphatic heterocycles. The average Bonchev–Trinajstić information content (AvgIpc) is 2.13. The normalized spacial score (nSPS) is 15.3. The van der Waals surface area contributed by atoms with Gasteiger partial charge in [-0.3, -0.25) is 0 Å². The summed E-state index contributed by atoms with van der Waals surface area (Å²) < 4.78 is 5.00. The molecular formula is C11H21NO3. The van der Waals surface area contributed by atoms with Crippen LogP contribution >= 0.6 is 0 Å². The number of alkyl carbamates (subject to hydrolysis) is 1. The number of nitrogens with one attached hydrogen (secondary N) is 1. The van der Waals surface area contributed by atoms with Crippen LogP contribution in [0.25, 0.3) is 0 Å². The highest BCUT2D eigenvalue weighted by atomic mass is 16.5. The molecule has 0 aliphatic carbocycles. The quantitative estimate of drug-likeness (QED) is 0.731. The van der Waals surface area contributed by atoms with Crippen LogP contribution in [0.3, 0.4) is 0 Å². The van der Waals surface area contributed by atoms with Crippen LogP contribution in [0.1, 0.15) is 41.0 Å². The first-order chi connectivity index (χ1) is 6.72. The number of hydrogen-bond donors (Lipinski definition) is 1. The predicted octanol–water partition coefficient (Wildman–Crippen LogP) is 2.13. The smallest absolute Gasteiger partial charge is 0.407 e. The first-order valence-electron chi connectivity index (χ1n) is 5.14. The van der Waals surface area contributed by atoms with Crippen molar-refractivity contribution >= 4 is 12.4 Å². The molecule has 0 saturated carbocycles. The molecule has 0 radical (unpaired) electrons. The zero-order chi connectivity index (χ0) is 12.1. The molecule has 0 aromatic rings. The van der Waals surface area contributed by atoms with Gasteiger partial charge in [-0.15, -0.1) is 0 Å². The fourth-order valence-corrected chi connectivity index (χ4v) is 0.752.